The van der Waals surface area contributed by atoms with Crippen molar-refractivity contribution in [3.8, 4) is 22.6 Å². The first kappa shape index (κ1) is 32.8. The molecule has 1 aliphatic carbocycles. The van der Waals surface area contributed by atoms with E-state index in [1.165, 1.54) is 22.3 Å². The van der Waals surface area contributed by atoms with Crippen molar-refractivity contribution >= 4 is 31.9 Å². The Labute approximate surface area is 293 Å². The molecule has 0 spiro atoms. The molecule has 0 N–H and O–H groups in total. The summed E-state index contributed by atoms with van der Waals surface area (Å²) in [7, 11) is 0. The van der Waals surface area contributed by atoms with Crippen LogP contribution in [-0.2, 0) is 24.4 Å². The molecular formula is C39H40Br2O6. The first-order valence-corrected chi connectivity index (χ1v) is 18.2. The van der Waals surface area contributed by atoms with Crippen LogP contribution in [0, 0.1) is 0 Å². The lowest BCUT2D eigenvalue weighted by Gasteiger charge is -2.34. The summed E-state index contributed by atoms with van der Waals surface area (Å²) in [5.74, 6) is 1.62. The van der Waals surface area contributed by atoms with Gasteiger partial charge in [0.05, 0.1) is 18.6 Å². The fourth-order valence-electron chi connectivity index (χ4n) is 7.02. The van der Waals surface area contributed by atoms with E-state index < -0.39 is 5.41 Å². The molecule has 2 unspecified atom stereocenters. The molecule has 8 heteroatoms. The molecular weight excluding hydrogens is 724 g/mol. The average molecular weight is 765 g/mol. The van der Waals surface area contributed by atoms with Gasteiger partial charge in [-0.25, -0.2) is 0 Å². The lowest BCUT2D eigenvalue weighted by atomic mass is 9.67. The molecule has 4 aromatic rings. The van der Waals surface area contributed by atoms with Gasteiger partial charge >= 0.3 is 0 Å². The lowest BCUT2D eigenvalue weighted by Crippen LogP contribution is -2.28. The zero-order chi connectivity index (χ0) is 32.1. The van der Waals surface area contributed by atoms with Gasteiger partial charge in [-0.15, -0.1) is 0 Å². The molecule has 2 aliphatic heterocycles. The van der Waals surface area contributed by atoms with E-state index in [2.05, 4.69) is 117 Å². The van der Waals surface area contributed by atoms with E-state index in [1.807, 2.05) is 0 Å². The van der Waals surface area contributed by atoms with Crippen molar-refractivity contribution in [2.24, 2.45) is 0 Å². The Balaban J connectivity index is 1.15. The summed E-state index contributed by atoms with van der Waals surface area (Å²) in [6.07, 6.45) is 6.18. The van der Waals surface area contributed by atoms with Crippen molar-refractivity contribution in [2.45, 2.75) is 56.5 Å². The van der Waals surface area contributed by atoms with Crippen molar-refractivity contribution in [3.63, 3.8) is 0 Å². The average Bonchev–Trinajstić information content (AvgIpc) is 3.39. The predicted octanol–water partition coefficient (Wildman–Crippen LogP) is 9.42. The van der Waals surface area contributed by atoms with Crippen LogP contribution in [0.25, 0.3) is 11.1 Å². The Morgan fingerprint density at radius 1 is 0.553 bits per heavy atom. The molecule has 0 radical (unpaired) electrons. The van der Waals surface area contributed by atoms with Crippen molar-refractivity contribution in [1.29, 1.82) is 0 Å². The van der Waals surface area contributed by atoms with E-state index in [9.17, 15) is 0 Å². The molecule has 0 amide bonds. The van der Waals surface area contributed by atoms with Gasteiger partial charge < -0.3 is 28.4 Å². The van der Waals surface area contributed by atoms with E-state index in [-0.39, 0.29) is 12.6 Å². The largest absolute Gasteiger partial charge is 0.491 e. The second-order valence-electron chi connectivity index (χ2n) is 12.2. The molecule has 2 heterocycles. The SMILES string of the molecule is Brc1ccc2c(c1)C(c1ccc(OCCOC3CCCCO3)cc1)(c1ccc(OCCOC3CCCCO3)cc1)c1cc(Br)ccc1-2. The van der Waals surface area contributed by atoms with Crippen LogP contribution < -0.4 is 9.47 Å². The number of rotatable bonds is 12. The smallest absolute Gasteiger partial charge is 0.157 e. The highest BCUT2D eigenvalue weighted by molar-refractivity contribution is 9.10. The fourth-order valence-corrected chi connectivity index (χ4v) is 7.74. The van der Waals surface area contributed by atoms with Gasteiger partial charge in [0.15, 0.2) is 12.6 Å². The fraction of sp³-hybridized carbons (Fsp3) is 0.385. The van der Waals surface area contributed by atoms with E-state index in [1.54, 1.807) is 0 Å². The van der Waals surface area contributed by atoms with E-state index in [0.717, 1.165) is 83.3 Å². The van der Waals surface area contributed by atoms with Crippen LogP contribution >= 0.6 is 31.9 Å². The highest BCUT2D eigenvalue weighted by atomic mass is 79.9. The van der Waals surface area contributed by atoms with Crippen LogP contribution in [0.3, 0.4) is 0 Å². The summed E-state index contributed by atoms with van der Waals surface area (Å²) in [5, 5.41) is 0. The summed E-state index contributed by atoms with van der Waals surface area (Å²) in [4.78, 5) is 0. The van der Waals surface area contributed by atoms with Gasteiger partial charge in [-0.2, -0.15) is 0 Å². The van der Waals surface area contributed by atoms with E-state index in [0.29, 0.717) is 26.4 Å². The molecule has 7 rings (SSSR count). The van der Waals surface area contributed by atoms with Crippen LogP contribution in [-0.4, -0.2) is 52.2 Å². The number of hydrogen-bond donors (Lipinski definition) is 0. The molecule has 0 saturated carbocycles. The van der Waals surface area contributed by atoms with Crippen molar-refractivity contribution in [3.05, 3.63) is 116 Å². The van der Waals surface area contributed by atoms with Crippen molar-refractivity contribution < 1.29 is 28.4 Å². The molecule has 0 bridgehead atoms. The number of hydrogen-bond acceptors (Lipinski definition) is 6. The second-order valence-corrected chi connectivity index (χ2v) is 14.0. The van der Waals surface area contributed by atoms with Gasteiger partial charge in [-0.05, 0) is 120 Å². The molecule has 47 heavy (non-hydrogen) atoms. The number of benzene rings is 4. The van der Waals surface area contributed by atoms with Crippen LogP contribution in [0.1, 0.15) is 60.8 Å². The monoisotopic (exact) mass is 762 g/mol. The van der Waals surface area contributed by atoms with Gasteiger partial charge in [0.2, 0.25) is 0 Å². The first-order valence-electron chi connectivity index (χ1n) is 16.6. The lowest BCUT2D eigenvalue weighted by molar-refractivity contribution is -0.165. The Morgan fingerprint density at radius 2 is 1.00 bits per heavy atom. The minimum absolute atomic E-state index is 0.114. The molecule has 3 aliphatic rings. The summed E-state index contributed by atoms with van der Waals surface area (Å²) >= 11 is 7.56. The minimum Gasteiger partial charge on any atom is -0.491 e. The van der Waals surface area contributed by atoms with Gasteiger partial charge in [0.1, 0.15) is 24.7 Å². The third-order valence-electron chi connectivity index (χ3n) is 9.22. The van der Waals surface area contributed by atoms with E-state index in [4.69, 9.17) is 28.4 Å². The third kappa shape index (κ3) is 7.19. The minimum atomic E-state index is -0.557. The van der Waals surface area contributed by atoms with Crippen LogP contribution in [0.2, 0.25) is 0 Å². The highest BCUT2D eigenvalue weighted by Gasteiger charge is 2.46. The van der Waals surface area contributed by atoms with Crippen LogP contribution in [0.15, 0.2) is 93.9 Å². The Kier molecular flexibility index (Phi) is 10.6. The van der Waals surface area contributed by atoms with Crippen molar-refractivity contribution in [1.82, 2.24) is 0 Å². The van der Waals surface area contributed by atoms with E-state index >= 15 is 0 Å². The Hall–Kier alpha value is -2.72. The maximum Gasteiger partial charge on any atom is 0.157 e. The topological polar surface area (TPSA) is 55.4 Å². The second kappa shape index (κ2) is 15.2. The first-order chi connectivity index (χ1) is 23.1. The molecule has 6 nitrogen and oxygen atoms in total. The highest BCUT2D eigenvalue weighted by Crippen LogP contribution is 2.57. The Morgan fingerprint density at radius 3 is 1.40 bits per heavy atom. The molecule has 2 atom stereocenters. The van der Waals surface area contributed by atoms with Gasteiger partial charge in [-0.3, -0.25) is 0 Å². The van der Waals surface area contributed by atoms with Gasteiger partial charge in [-0.1, -0.05) is 68.3 Å². The predicted molar refractivity (Wildman–Crippen MR) is 189 cm³/mol. The number of halogens is 2. The summed E-state index contributed by atoms with van der Waals surface area (Å²) in [5.41, 5.74) is 6.65. The van der Waals surface area contributed by atoms with Crippen LogP contribution in [0.5, 0.6) is 11.5 Å². The standard InChI is InChI=1S/C39H40Br2O6/c40-29-11-17-33-34-18-12-30(41)26-36(34)39(35(33)25-29,27-7-13-31(14-8-27)42-21-23-46-37-5-1-3-19-44-37)28-9-15-32(16-10-28)43-22-24-47-38-6-2-4-20-45-38/h7-18,25-26,37-38H,1-6,19-24H2. The third-order valence-corrected chi connectivity index (χ3v) is 10.2. The maximum atomic E-state index is 6.10. The van der Waals surface area contributed by atoms with Gasteiger partial charge in [0, 0.05) is 22.2 Å². The van der Waals surface area contributed by atoms with Crippen LogP contribution in [0.4, 0.5) is 0 Å². The molecule has 2 fully saturated rings. The maximum absolute atomic E-state index is 6.10. The summed E-state index contributed by atoms with van der Waals surface area (Å²) in [6, 6.07) is 30.2. The zero-order valence-corrected chi connectivity index (χ0v) is 29.6. The Bertz CT molecular complexity index is 1510. The molecule has 4 aromatic carbocycles. The normalized spacial score (nSPS) is 20.0. The molecule has 0 aromatic heterocycles. The van der Waals surface area contributed by atoms with Crippen molar-refractivity contribution in [2.75, 3.05) is 39.6 Å². The summed E-state index contributed by atoms with van der Waals surface area (Å²) < 4.78 is 37.4. The molecule has 2 saturated heterocycles. The summed E-state index contributed by atoms with van der Waals surface area (Å²) in [6.45, 7) is 3.47. The molecule has 246 valence electrons. The quantitative estimate of drug-likeness (QED) is 0.118. The van der Waals surface area contributed by atoms with Gasteiger partial charge in [0.25, 0.3) is 0 Å². The zero-order valence-electron chi connectivity index (χ0n) is 26.4. The number of ether oxygens (including phenoxy) is 6. The number of fused-ring (bicyclic) bond motifs is 3.